The predicted octanol–water partition coefficient (Wildman–Crippen LogP) is 0.802. The van der Waals surface area contributed by atoms with Crippen LogP contribution in [0.25, 0.3) is 0 Å². The van der Waals surface area contributed by atoms with Gasteiger partial charge in [0.15, 0.2) is 6.29 Å². The largest absolute Gasteiger partial charge is 0.394 e. The number of aliphatic hydroxyl groups is 3. The molecule has 3 N–H and O–H groups in total. The van der Waals surface area contributed by atoms with E-state index in [9.17, 15) is 10.2 Å². The van der Waals surface area contributed by atoms with Gasteiger partial charge in [-0.15, -0.1) is 0 Å². The van der Waals surface area contributed by atoms with Gasteiger partial charge >= 0.3 is 0 Å². The topological polar surface area (TPSA) is 79.2 Å². The van der Waals surface area contributed by atoms with Crippen molar-refractivity contribution >= 4 is 0 Å². The van der Waals surface area contributed by atoms with E-state index in [1.165, 1.54) is 19.3 Å². The zero-order valence-corrected chi connectivity index (χ0v) is 11.1. The van der Waals surface area contributed by atoms with Crippen LogP contribution in [0.15, 0.2) is 0 Å². The van der Waals surface area contributed by atoms with Crippen LogP contribution in [0.1, 0.15) is 45.4 Å². The molecule has 5 nitrogen and oxygen atoms in total. The highest BCUT2D eigenvalue weighted by Gasteiger charge is 2.36. The lowest BCUT2D eigenvalue weighted by Crippen LogP contribution is -2.50. The quantitative estimate of drug-likeness (QED) is 0.564. The summed E-state index contributed by atoms with van der Waals surface area (Å²) in [6.45, 7) is 2.51. The second-order valence-electron chi connectivity index (χ2n) is 4.89. The van der Waals surface area contributed by atoms with E-state index < -0.39 is 24.6 Å². The average molecular weight is 262 g/mol. The highest BCUT2D eigenvalue weighted by atomic mass is 16.7. The molecule has 108 valence electrons. The van der Waals surface area contributed by atoms with Crippen molar-refractivity contribution in [3.8, 4) is 0 Å². The van der Waals surface area contributed by atoms with Crippen LogP contribution in [0.3, 0.4) is 0 Å². The normalized spacial score (nSPS) is 32.7. The number of ether oxygens (including phenoxy) is 2. The molecule has 1 aliphatic rings. The summed E-state index contributed by atoms with van der Waals surface area (Å²) >= 11 is 0. The fourth-order valence-corrected chi connectivity index (χ4v) is 2.08. The van der Waals surface area contributed by atoms with Gasteiger partial charge in [-0.2, -0.15) is 0 Å². The summed E-state index contributed by atoms with van der Waals surface area (Å²) in [5, 5.41) is 28.3. The Labute approximate surface area is 109 Å². The van der Waals surface area contributed by atoms with E-state index in [4.69, 9.17) is 14.6 Å². The van der Waals surface area contributed by atoms with Crippen LogP contribution in [0.5, 0.6) is 0 Å². The Bertz CT molecular complexity index is 212. The molecule has 0 spiro atoms. The van der Waals surface area contributed by atoms with E-state index in [1.54, 1.807) is 0 Å². The first-order valence-electron chi connectivity index (χ1n) is 6.93. The SMILES string of the molecule is CCCCCCCO[C@@H]1O[C@H](CO)C[C@H](O)[C@H]1O. The Hall–Kier alpha value is -0.200. The fraction of sp³-hybridized carbons (Fsp3) is 1.00. The number of hydrogen-bond donors (Lipinski definition) is 3. The van der Waals surface area contributed by atoms with Gasteiger partial charge in [-0.05, 0) is 6.42 Å². The Morgan fingerprint density at radius 3 is 2.56 bits per heavy atom. The first-order chi connectivity index (χ1) is 8.69. The molecule has 0 unspecified atom stereocenters. The second-order valence-corrected chi connectivity index (χ2v) is 4.89. The Morgan fingerprint density at radius 2 is 1.89 bits per heavy atom. The van der Waals surface area contributed by atoms with Gasteiger partial charge < -0.3 is 24.8 Å². The molecule has 5 heteroatoms. The van der Waals surface area contributed by atoms with Crippen molar-refractivity contribution in [1.29, 1.82) is 0 Å². The van der Waals surface area contributed by atoms with Crippen LogP contribution in [0.4, 0.5) is 0 Å². The maximum absolute atomic E-state index is 9.71. The number of hydrogen-bond acceptors (Lipinski definition) is 5. The maximum atomic E-state index is 9.71. The monoisotopic (exact) mass is 262 g/mol. The third-order valence-electron chi connectivity index (χ3n) is 3.24. The van der Waals surface area contributed by atoms with Crippen molar-refractivity contribution in [3.05, 3.63) is 0 Å². The van der Waals surface area contributed by atoms with E-state index >= 15 is 0 Å². The summed E-state index contributed by atoms with van der Waals surface area (Å²) in [5.74, 6) is 0. The Kier molecular flexibility index (Phi) is 7.77. The highest BCUT2D eigenvalue weighted by Crippen LogP contribution is 2.21. The molecule has 0 aromatic carbocycles. The number of unbranched alkanes of at least 4 members (excludes halogenated alkanes) is 4. The lowest BCUT2D eigenvalue weighted by molar-refractivity contribution is -0.271. The third-order valence-corrected chi connectivity index (χ3v) is 3.24. The molecule has 0 radical (unpaired) electrons. The van der Waals surface area contributed by atoms with Gasteiger partial charge in [0.05, 0.1) is 18.8 Å². The molecular weight excluding hydrogens is 236 g/mol. The Morgan fingerprint density at radius 1 is 1.17 bits per heavy atom. The van der Waals surface area contributed by atoms with Crippen molar-refractivity contribution in [1.82, 2.24) is 0 Å². The molecule has 4 atom stereocenters. The van der Waals surface area contributed by atoms with Crippen LogP contribution < -0.4 is 0 Å². The maximum Gasteiger partial charge on any atom is 0.186 e. The molecule has 0 bridgehead atoms. The van der Waals surface area contributed by atoms with Gasteiger partial charge in [-0.25, -0.2) is 0 Å². The summed E-state index contributed by atoms with van der Waals surface area (Å²) < 4.78 is 10.8. The zero-order chi connectivity index (χ0) is 13.4. The van der Waals surface area contributed by atoms with Crippen molar-refractivity contribution in [2.24, 2.45) is 0 Å². The molecule has 0 saturated carbocycles. The van der Waals surface area contributed by atoms with Crippen LogP contribution >= 0.6 is 0 Å². The summed E-state index contributed by atoms with van der Waals surface area (Å²) in [7, 11) is 0. The van der Waals surface area contributed by atoms with E-state index in [-0.39, 0.29) is 13.0 Å². The van der Waals surface area contributed by atoms with Gasteiger partial charge in [-0.3, -0.25) is 0 Å². The van der Waals surface area contributed by atoms with Crippen LogP contribution in [-0.2, 0) is 9.47 Å². The molecule has 1 aliphatic heterocycles. The zero-order valence-electron chi connectivity index (χ0n) is 11.1. The van der Waals surface area contributed by atoms with E-state index in [2.05, 4.69) is 6.92 Å². The molecular formula is C13H26O5. The van der Waals surface area contributed by atoms with Gasteiger partial charge in [0.1, 0.15) is 6.10 Å². The van der Waals surface area contributed by atoms with E-state index in [0.29, 0.717) is 6.61 Å². The lowest BCUT2D eigenvalue weighted by atomic mass is 10.0. The van der Waals surface area contributed by atoms with Crippen molar-refractivity contribution in [2.45, 2.75) is 70.1 Å². The molecule has 1 rings (SSSR count). The minimum atomic E-state index is -1.02. The van der Waals surface area contributed by atoms with Crippen molar-refractivity contribution < 1.29 is 24.8 Å². The van der Waals surface area contributed by atoms with E-state index in [1.807, 2.05) is 0 Å². The molecule has 1 fully saturated rings. The molecule has 0 amide bonds. The molecule has 0 aromatic heterocycles. The molecule has 1 heterocycles. The van der Waals surface area contributed by atoms with Gasteiger partial charge in [-0.1, -0.05) is 32.6 Å². The average Bonchev–Trinajstić information content (AvgIpc) is 2.38. The van der Waals surface area contributed by atoms with Gasteiger partial charge in [0, 0.05) is 13.0 Å². The lowest BCUT2D eigenvalue weighted by Gasteiger charge is -2.36. The predicted molar refractivity (Wildman–Crippen MR) is 67.1 cm³/mol. The first kappa shape index (κ1) is 15.9. The Balaban J connectivity index is 2.18. The minimum Gasteiger partial charge on any atom is -0.394 e. The van der Waals surface area contributed by atoms with E-state index in [0.717, 1.165) is 12.8 Å². The molecule has 1 saturated heterocycles. The molecule has 18 heavy (non-hydrogen) atoms. The van der Waals surface area contributed by atoms with Crippen LogP contribution in [0.2, 0.25) is 0 Å². The molecule has 0 aromatic rings. The third kappa shape index (κ3) is 5.20. The highest BCUT2D eigenvalue weighted by molar-refractivity contribution is 4.80. The number of aliphatic hydroxyl groups excluding tert-OH is 3. The molecule has 0 aliphatic carbocycles. The van der Waals surface area contributed by atoms with Crippen LogP contribution in [0, 0.1) is 0 Å². The minimum absolute atomic E-state index is 0.167. The second kappa shape index (κ2) is 8.82. The van der Waals surface area contributed by atoms with Crippen molar-refractivity contribution in [2.75, 3.05) is 13.2 Å². The summed E-state index contributed by atoms with van der Waals surface area (Å²) in [6, 6.07) is 0. The summed E-state index contributed by atoms with van der Waals surface area (Å²) in [4.78, 5) is 0. The van der Waals surface area contributed by atoms with Crippen LogP contribution in [-0.4, -0.2) is 53.1 Å². The number of rotatable bonds is 8. The fourth-order valence-electron chi connectivity index (χ4n) is 2.08. The summed E-state index contributed by atoms with van der Waals surface area (Å²) in [5.41, 5.74) is 0. The smallest absolute Gasteiger partial charge is 0.186 e. The standard InChI is InChI=1S/C13H26O5/c1-2-3-4-5-6-7-17-13-12(16)11(15)8-10(9-14)18-13/h10-16H,2-9H2,1H3/t10-,11-,12+,13+/m0/s1. The van der Waals surface area contributed by atoms with Gasteiger partial charge in [0.25, 0.3) is 0 Å². The summed E-state index contributed by atoms with van der Waals surface area (Å²) in [6.07, 6.45) is 2.71. The first-order valence-corrected chi connectivity index (χ1v) is 6.93. The van der Waals surface area contributed by atoms with Crippen molar-refractivity contribution in [3.63, 3.8) is 0 Å². The van der Waals surface area contributed by atoms with Gasteiger partial charge in [0.2, 0.25) is 0 Å².